The molecule has 0 saturated carbocycles. The minimum Gasteiger partial charge on any atom is -0.497 e. The third kappa shape index (κ3) is 4.53. The molecule has 0 atom stereocenters. The number of ether oxygens (including phenoxy) is 1. The molecule has 1 saturated heterocycles. The number of nitrogens with zero attached hydrogens (tertiary/aromatic N) is 1. The Balaban J connectivity index is 1.74. The lowest BCUT2D eigenvalue weighted by atomic mass is 9.99. The van der Waals surface area contributed by atoms with Gasteiger partial charge in [0.2, 0.25) is 5.91 Å². The van der Waals surface area contributed by atoms with Crippen molar-refractivity contribution in [3.8, 4) is 5.75 Å². The van der Waals surface area contributed by atoms with Gasteiger partial charge in [-0.25, -0.2) is 0 Å². The number of carbonyl (C=O) groups is 1. The van der Waals surface area contributed by atoms with Gasteiger partial charge in [-0.2, -0.15) is 0 Å². The van der Waals surface area contributed by atoms with Crippen LogP contribution >= 0.6 is 0 Å². The maximum Gasteiger partial charge on any atom is 0.225 e. The van der Waals surface area contributed by atoms with Gasteiger partial charge >= 0.3 is 0 Å². The van der Waals surface area contributed by atoms with Gasteiger partial charge < -0.3 is 15.0 Å². The summed E-state index contributed by atoms with van der Waals surface area (Å²) >= 11 is 0. The number of benzene rings is 1. The third-order valence-electron chi connectivity index (χ3n) is 3.88. The molecule has 4 heteroatoms. The van der Waals surface area contributed by atoms with E-state index in [4.69, 9.17) is 4.74 Å². The Morgan fingerprint density at radius 1 is 1.40 bits per heavy atom. The van der Waals surface area contributed by atoms with E-state index in [1.807, 2.05) is 24.3 Å². The molecule has 1 amide bonds. The molecule has 1 fully saturated rings. The van der Waals surface area contributed by atoms with E-state index in [0.717, 1.165) is 37.0 Å². The Morgan fingerprint density at radius 2 is 2.15 bits per heavy atom. The minimum absolute atomic E-state index is 0.0666. The molecule has 110 valence electrons. The van der Waals surface area contributed by atoms with Gasteiger partial charge in [0, 0.05) is 24.7 Å². The number of piperidine rings is 1. The van der Waals surface area contributed by atoms with E-state index in [-0.39, 0.29) is 5.91 Å². The molecule has 0 aliphatic carbocycles. The number of rotatable bonds is 5. The Bertz CT molecular complexity index is 440. The lowest BCUT2D eigenvalue weighted by molar-refractivity contribution is -0.116. The standard InChI is InChI=1S/C16H24N2O2/c1-13-6-9-18(10-7-13)11-8-16(19)17-14-4-3-5-15(12-14)20-2/h3-5,12-13H,6-11H2,1-2H3,(H,17,19). The molecule has 1 aromatic rings. The second-order valence-corrected chi connectivity index (χ2v) is 5.55. The molecule has 1 aliphatic rings. The van der Waals surface area contributed by atoms with Crippen LogP contribution in [0.3, 0.4) is 0 Å². The molecule has 0 aromatic heterocycles. The minimum atomic E-state index is 0.0666. The van der Waals surface area contributed by atoms with Crippen LogP contribution in [0.2, 0.25) is 0 Å². The fourth-order valence-corrected chi connectivity index (χ4v) is 2.47. The zero-order valence-electron chi connectivity index (χ0n) is 12.4. The van der Waals surface area contributed by atoms with Gasteiger partial charge in [0.15, 0.2) is 0 Å². The molecule has 0 spiro atoms. The number of hydrogen-bond donors (Lipinski definition) is 1. The summed E-state index contributed by atoms with van der Waals surface area (Å²) in [6.45, 7) is 5.39. The Labute approximate surface area is 121 Å². The molecule has 1 aliphatic heterocycles. The molecule has 4 nitrogen and oxygen atoms in total. The second-order valence-electron chi connectivity index (χ2n) is 5.55. The van der Waals surface area contributed by atoms with Gasteiger partial charge in [0.05, 0.1) is 7.11 Å². The zero-order chi connectivity index (χ0) is 14.4. The van der Waals surface area contributed by atoms with Crippen molar-refractivity contribution in [3.63, 3.8) is 0 Å². The monoisotopic (exact) mass is 276 g/mol. The van der Waals surface area contributed by atoms with Crippen LogP contribution in [0.5, 0.6) is 5.75 Å². The number of carbonyl (C=O) groups excluding carboxylic acids is 1. The number of hydrogen-bond acceptors (Lipinski definition) is 3. The van der Waals surface area contributed by atoms with Gasteiger partial charge in [-0.05, 0) is 44.0 Å². The van der Waals surface area contributed by atoms with Crippen molar-refractivity contribution in [1.82, 2.24) is 4.90 Å². The first kappa shape index (κ1) is 14.9. The quantitative estimate of drug-likeness (QED) is 0.899. The lowest BCUT2D eigenvalue weighted by Crippen LogP contribution is -2.35. The van der Waals surface area contributed by atoms with Crippen molar-refractivity contribution < 1.29 is 9.53 Å². The molecule has 0 unspecified atom stereocenters. The summed E-state index contributed by atoms with van der Waals surface area (Å²) in [6, 6.07) is 7.45. The maximum atomic E-state index is 11.9. The Kier molecular flexibility index (Phi) is 5.41. The summed E-state index contributed by atoms with van der Waals surface area (Å²) < 4.78 is 5.14. The first-order valence-electron chi connectivity index (χ1n) is 7.33. The van der Waals surface area contributed by atoms with E-state index in [1.165, 1.54) is 12.8 Å². The van der Waals surface area contributed by atoms with E-state index >= 15 is 0 Å². The molecular weight excluding hydrogens is 252 g/mol. The normalized spacial score (nSPS) is 16.9. The van der Waals surface area contributed by atoms with E-state index in [1.54, 1.807) is 7.11 Å². The fourth-order valence-electron chi connectivity index (χ4n) is 2.47. The number of nitrogens with one attached hydrogen (secondary N) is 1. The van der Waals surface area contributed by atoms with Crippen LogP contribution in [0.1, 0.15) is 26.2 Å². The first-order valence-corrected chi connectivity index (χ1v) is 7.33. The van der Waals surface area contributed by atoms with Crippen molar-refractivity contribution in [1.29, 1.82) is 0 Å². The van der Waals surface area contributed by atoms with Gasteiger partial charge in [0.25, 0.3) is 0 Å². The van der Waals surface area contributed by atoms with Crippen molar-refractivity contribution in [3.05, 3.63) is 24.3 Å². The summed E-state index contributed by atoms with van der Waals surface area (Å²) in [5.41, 5.74) is 0.793. The van der Waals surface area contributed by atoms with Crippen LogP contribution in [0, 0.1) is 5.92 Å². The zero-order valence-corrected chi connectivity index (χ0v) is 12.4. The number of amides is 1. The average Bonchev–Trinajstić information content (AvgIpc) is 2.47. The summed E-state index contributed by atoms with van der Waals surface area (Å²) in [5.74, 6) is 1.65. The van der Waals surface area contributed by atoms with Crippen LogP contribution in [-0.4, -0.2) is 37.6 Å². The van der Waals surface area contributed by atoms with E-state index in [2.05, 4.69) is 17.1 Å². The van der Waals surface area contributed by atoms with Gasteiger partial charge in [-0.15, -0.1) is 0 Å². The van der Waals surface area contributed by atoms with E-state index in [0.29, 0.717) is 6.42 Å². The van der Waals surface area contributed by atoms with Crippen LogP contribution in [0.15, 0.2) is 24.3 Å². The predicted octanol–water partition coefficient (Wildman–Crippen LogP) is 2.76. The van der Waals surface area contributed by atoms with Crippen molar-refractivity contribution in [2.75, 3.05) is 32.1 Å². The molecule has 0 bridgehead atoms. The summed E-state index contributed by atoms with van der Waals surface area (Å²) in [5, 5.41) is 2.92. The number of likely N-dealkylation sites (tertiary alicyclic amines) is 1. The lowest BCUT2D eigenvalue weighted by Gasteiger charge is -2.29. The topological polar surface area (TPSA) is 41.6 Å². The second kappa shape index (κ2) is 7.29. The highest BCUT2D eigenvalue weighted by molar-refractivity contribution is 5.90. The fraction of sp³-hybridized carbons (Fsp3) is 0.562. The molecule has 1 heterocycles. The van der Waals surface area contributed by atoms with Crippen molar-refractivity contribution in [2.45, 2.75) is 26.2 Å². The maximum absolute atomic E-state index is 11.9. The van der Waals surface area contributed by atoms with Gasteiger partial charge in [-0.1, -0.05) is 13.0 Å². The largest absolute Gasteiger partial charge is 0.497 e. The van der Waals surface area contributed by atoms with Gasteiger partial charge in [0.1, 0.15) is 5.75 Å². The van der Waals surface area contributed by atoms with E-state index < -0.39 is 0 Å². The summed E-state index contributed by atoms with van der Waals surface area (Å²) in [4.78, 5) is 14.3. The molecule has 1 aromatic carbocycles. The highest BCUT2D eigenvalue weighted by atomic mass is 16.5. The summed E-state index contributed by atoms with van der Waals surface area (Å²) in [7, 11) is 1.62. The summed E-state index contributed by atoms with van der Waals surface area (Å²) in [6.07, 6.45) is 3.04. The highest BCUT2D eigenvalue weighted by Gasteiger charge is 2.16. The first-order chi connectivity index (χ1) is 9.67. The molecule has 20 heavy (non-hydrogen) atoms. The smallest absolute Gasteiger partial charge is 0.225 e. The third-order valence-corrected chi connectivity index (χ3v) is 3.88. The van der Waals surface area contributed by atoms with Crippen LogP contribution in [0.4, 0.5) is 5.69 Å². The Morgan fingerprint density at radius 3 is 2.85 bits per heavy atom. The Hall–Kier alpha value is -1.55. The van der Waals surface area contributed by atoms with Crippen molar-refractivity contribution in [2.24, 2.45) is 5.92 Å². The molecular formula is C16H24N2O2. The molecule has 2 rings (SSSR count). The van der Waals surface area contributed by atoms with Crippen LogP contribution < -0.4 is 10.1 Å². The van der Waals surface area contributed by atoms with Crippen LogP contribution in [-0.2, 0) is 4.79 Å². The highest BCUT2D eigenvalue weighted by Crippen LogP contribution is 2.18. The average molecular weight is 276 g/mol. The number of methoxy groups -OCH3 is 1. The van der Waals surface area contributed by atoms with Gasteiger partial charge in [-0.3, -0.25) is 4.79 Å². The van der Waals surface area contributed by atoms with Crippen LogP contribution in [0.25, 0.3) is 0 Å². The molecule has 0 radical (unpaired) electrons. The van der Waals surface area contributed by atoms with E-state index in [9.17, 15) is 4.79 Å². The number of anilines is 1. The SMILES string of the molecule is COc1cccc(NC(=O)CCN2CCC(C)CC2)c1. The predicted molar refractivity (Wildman–Crippen MR) is 81.1 cm³/mol. The van der Waals surface area contributed by atoms with Crippen molar-refractivity contribution >= 4 is 11.6 Å². The molecule has 1 N–H and O–H groups in total.